The van der Waals surface area contributed by atoms with Crippen LogP contribution in [0.15, 0.2) is 12.2 Å². The third kappa shape index (κ3) is 3.46. The minimum atomic E-state index is -0.101. The fraction of sp³-hybridized carbons (Fsp3) is 0.600. The maximum absolute atomic E-state index is 11.1. The lowest BCUT2D eigenvalue weighted by Crippen LogP contribution is -2.10. The Morgan fingerprint density at radius 3 is 1.58 bits per heavy atom. The van der Waals surface area contributed by atoms with E-state index < -0.39 is 0 Å². The van der Waals surface area contributed by atoms with Crippen molar-refractivity contribution in [2.45, 2.75) is 39.5 Å². The monoisotopic (exact) mass is 168 g/mol. The standard InChI is InChI=1S/C10H16O2/c1-4-6-9(11)8(3)10(12)7-5-2/h3-7H2,1-2H3. The van der Waals surface area contributed by atoms with Gasteiger partial charge in [0, 0.05) is 12.8 Å². The molecule has 0 fully saturated rings. The van der Waals surface area contributed by atoms with Gasteiger partial charge < -0.3 is 0 Å². The van der Waals surface area contributed by atoms with Gasteiger partial charge in [0.2, 0.25) is 0 Å². The average Bonchev–Trinajstić information content (AvgIpc) is 2.04. The van der Waals surface area contributed by atoms with Gasteiger partial charge in [-0.25, -0.2) is 0 Å². The zero-order valence-corrected chi connectivity index (χ0v) is 7.85. The Kier molecular flexibility index (Phi) is 5.26. The van der Waals surface area contributed by atoms with Crippen LogP contribution in [0, 0.1) is 0 Å². The van der Waals surface area contributed by atoms with Gasteiger partial charge in [0.05, 0.1) is 5.57 Å². The Bertz CT molecular complexity index is 172. The molecule has 0 saturated heterocycles. The molecule has 0 aliphatic carbocycles. The van der Waals surface area contributed by atoms with Crippen molar-refractivity contribution in [1.29, 1.82) is 0 Å². The molecule has 0 saturated carbocycles. The molecule has 0 aromatic carbocycles. The molecule has 0 radical (unpaired) electrons. The van der Waals surface area contributed by atoms with Crippen LogP contribution in [0.5, 0.6) is 0 Å². The van der Waals surface area contributed by atoms with Gasteiger partial charge in [-0.15, -0.1) is 0 Å². The van der Waals surface area contributed by atoms with Gasteiger partial charge in [0.25, 0.3) is 0 Å². The van der Waals surface area contributed by atoms with Crippen molar-refractivity contribution in [1.82, 2.24) is 0 Å². The molecule has 0 aromatic heterocycles. The first-order valence-electron chi connectivity index (χ1n) is 4.38. The lowest BCUT2D eigenvalue weighted by Gasteiger charge is -2.00. The van der Waals surface area contributed by atoms with Crippen LogP contribution in [0.1, 0.15) is 39.5 Å². The van der Waals surface area contributed by atoms with E-state index in [0.29, 0.717) is 12.8 Å². The second kappa shape index (κ2) is 5.70. The number of hydrogen-bond donors (Lipinski definition) is 0. The Morgan fingerprint density at radius 2 is 1.33 bits per heavy atom. The zero-order chi connectivity index (χ0) is 9.56. The van der Waals surface area contributed by atoms with Crippen LogP contribution in [0.25, 0.3) is 0 Å². The maximum atomic E-state index is 11.1. The van der Waals surface area contributed by atoms with Crippen LogP contribution in [-0.4, -0.2) is 11.6 Å². The van der Waals surface area contributed by atoms with E-state index >= 15 is 0 Å². The molecule has 0 bridgehead atoms. The van der Waals surface area contributed by atoms with E-state index in [4.69, 9.17) is 0 Å². The highest BCUT2D eigenvalue weighted by Crippen LogP contribution is 2.05. The molecule has 0 aromatic rings. The summed E-state index contributed by atoms with van der Waals surface area (Å²) in [5.74, 6) is -0.202. The molecule has 68 valence electrons. The molecule has 0 atom stereocenters. The van der Waals surface area contributed by atoms with Gasteiger partial charge in [-0.05, 0) is 12.8 Å². The Hall–Kier alpha value is -0.920. The van der Waals surface area contributed by atoms with Crippen LogP contribution in [0.4, 0.5) is 0 Å². The SMILES string of the molecule is C=C(C(=O)CCC)C(=O)CCC. The second-order valence-corrected chi connectivity index (χ2v) is 2.82. The summed E-state index contributed by atoms with van der Waals surface area (Å²) in [6.45, 7) is 7.32. The van der Waals surface area contributed by atoms with Crippen molar-refractivity contribution < 1.29 is 9.59 Å². The molecule has 0 aliphatic heterocycles. The summed E-state index contributed by atoms with van der Waals surface area (Å²) in [4.78, 5) is 22.3. The van der Waals surface area contributed by atoms with Gasteiger partial charge >= 0.3 is 0 Å². The molecule has 0 amide bonds. The minimum absolute atomic E-state index is 0.101. The number of rotatable bonds is 6. The third-order valence-electron chi connectivity index (χ3n) is 1.63. The number of Topliss-reactive ketones (excluding diaryl/α,β-unsaturated/α-hetero) is 2. The van der Waals surface area contributed by atoms with Crippen LogP contribution >= 0.6 is 0 Å². The summed E-state index contributed by atoms with van der Waals surface area (Å²) in [7, 11) is 0. The summed E-state index contributed by atoms with van der Waals surface area (Å²) in [5.41, 5.74) is 0.179. The van der Waals surface area contributed by atoms with Crippen molar-refractivity contribution in [2.75, 3.05) is 0 Å². The fourth-order valence-corrected chi connectivity index (χ4v) is 0.911. The topological polar surface area (TPSA) is 34.1 Å². The van der Waals surface area contributed by atoms with E-state index in [1.807, 2.05) is 13.8 Å². The molecule has 0 spiro atoms. The van der Waals surface area contributed by atoms with E-state index in [2.05, 4.69) is 6.58 Å². The van der Waals surface area contributed by atoms with E-state index in [9.17, 15) is 9.59 Å². The van der Waals surface area contributed by atoms with Gasteiger partial charge in [-0.3, -0.25) is 9.59 Å². The third-order valence-corrected chi connectivity index (χ3v) is 1.63. The minimum Gasteiger partial charge on any atom is -0.294 e. The molecule has 2 heteroatoms. The van der Waals surface area contributed by atoms with E-state index in [0.717, 1.165) is 12.8 Å². The fourth-order valence-electron chi connectivity index (χ4n) is 0.911. The summed E-state index contributed by atoms with van der Waals surface area (Å²) in [6, 6.07) is 0. The molecule has 2 nitrogen and oxygen atoms in total. The average molecular weight is 168 g/mol. The highest BCUT2D eigenvalue weighted by Gasteiger charge is 2.12. The molecular formula is C10H16O2. The molecule has 0 N–H and O–H groups in total. The zero-order valence-electron chi connectivity index (χ0n) is 7.85. The number of allylic oxidation sites excluding steroid dienone is 1. The molecule has 0 heterocycles. The Balaban J connectivity index is 4.01. The predicted octanol–water partition coefficient (Wildman–Crippen LogP) is 2.28. The lowest BCUT2D eigenvalue weighted by atomic mass is 10.0. The second-order valence-electron chi connectivity index (χ2n) is 2.82. The largest absolute Gasteiger partial charge is 0.294 e. The quantitative estimate of drug-likeness (QED) is 0.346. The highest BCUT2D eigenvalue weighted by atomic mass is 16.1. The molecular weight excluding hydrogens is 152 g/mol. The van der Waals surface area contributed by atoms with Crippen LogP contribution in [-0.2, 0) is 9.59 Å². The molecule has 0 unspecified atom stereocenters. The normalized spacial score (nSPS) is 9.50. The first-order chi connectivity index (χ1) is 5.63. The number of hydrogen-bond acceptors (Lipinski definition) is 2. The van der Waals surface area contributed by atoms with Crippen LogP contribution in [0.3, 0.4) is 0 Å². The van der Waals surface area contributed by atoms with Crippen molar-refractivity contribution >= 4 is 11.6 Å². The Labute approximate surface area is 73.7 Å². The van der Waals surface area contributed by atoms with Gasteiger partial charge in [0.1, 0.15) is 0 Å². The number of carbonyl (C=O) groups excluding carboxylic acids is 2. The van der Waals surface area contributed by atoms with E-state index in [1.165, 1.54) is 0 Å². The maximum Gasteiger partial charge on any atom is 0.165 e. The lowest BCUT2D eigenvalue weighted by molar-refractivity contribution is -0.121. The summed E-state index contributed by atoms with van der Waals surface area (Å²) < 4.78 is 0. The van der Waals surface area contributed by atoms with E-state index in [1.54, 1.807) is 0 Å². The van der Waals surface area contributed by atoms with Gasteiger partial charge in [0.15, 0.2) is 11.6 Å². The number of ketones is 2. The number of carbonyl (C=O) groups is 2. The Morgan fingerprint density at radius 1 is 1.00 bits per heavy atom. The van der Waals surface area contributed by atoms with Crippen LogP contribution in [0.2, 0.25) is 0 Å². The van der Waals surface area contributed by atoms with Gasteiger partial charge in [-0.2, -0.15) is 0 Å². The van der Waals surface area contributed by atoms with Crippen molar-refractivity contribution in [3.63, 3.8) is 0 Å². The van der Waals surface area contributed by atoms with E-state index in [-0.39, 0.29) is 17.1 Å². The molecule has 12 heavy (non-hydrogen) atoms. The first-order valence-corrected chi connectivity index (χ1v) is 4.38. The molecule has 0 aliphatic rings. The predicted molar refractivity (Wildman–Crippen MR) is 49.0 cm³/mol. The van der Waals surface area contributed by atoms with Crippen LogP contribution < -0.4 is 0 Å². The van der Waals surface area contributed by atoms with Crippen molar-refractivity contribution in [2.24, 2.45) is 0 Å². The summed E-state index contributed by atoms with van der Waals surface area (Å²) >= 11 is 0. The molecule has 0 rings (SSSR count). The van der Waals surface area contributed by atoms with Crippen molar-refractivity contribution in [3.05, 3.63) is 12.2 Å². The summed E-state index contributed by atoms with van der Waals surface area (Å²) in [5, 5.41) is 0. The summed E-state index contributed by atoms with van der Waals surface area (Å²) in [6.07, 6.45) is 2.43. The highest BCUT2D eigenvalue weighted by molar-refractivity contribution is 6.19. The van der Waals surface area contributed by atoms with Crippen molar-refractivity contribution in [3.8, 4) is 0 Å². The van der Waals surface area contributed by atoms with Gasteiger partial charge in [-0.1, -0.05) is 20.4 Å². The smallest absolute Gasteiger partial charge is 0.165 e. The first kappa shape index (κ1) is 11.1.